The lowest BCUT2D eigenvalue weighted by molar-refractivity contribution is -0.121. The quantitative estimate of drug-likeness (QED) is 0.743. The molecule has 1 amide bonds. The van der Waals surface area contributed by atoms with Crippen LogP contribution in [0.1, 0.15) is 35.1 Å². The predicted molar refractivity (Wildman–Crippen MR) is 102 cm³/mol. The van der Waals surface area contributed by atoms with Gasteiger partial charge in [0.15, 0.2) is 0 Å². The summed E-state index contributed by atoms with van der Waals surface area (Å²) in [4.78, 5) is 11.9. The van der Waals surface area contributed by atoms with Gasteiger partial charge in [0, 0.05) is 26.1 Å². The summed E-state index contributed by atoms with van der Waals surface area (Å²) in [6, 6.07) is 14.4. The van der Waals surface area contributed by atoms with Crippen molar-refractivity contribution < 1.29 is 9.53 Å². The number of carbonyl (C=O) groups is 1. The standard InChI is InChI=1S/C20H24N2O2.ClH/c1-15-4-2-5-19(10-15)24-9-3-6-20(23)22-12-16-7-8-17-13-21-14-18(17)11-16;/h2,4-5,7-8,10-11,21H,3,6,9,12-14H2,1H3,(H,22,23);1H. The van der Waals surface area contributed by atoms with Crippen LogP contribution in [-0.2, 0) is 24.4 Å². The van der Waals surface area contributed by atoms with Gasteiger partial charge < -0.3 is 15.4 Å². The van der Waals surface area contributed by atoms with E-state index in [2.05, 4.69) is 28.8 Å². The normalized spacial score (nSPS) is 12.2. The number of hydrogen-bond donors (Lipinski definition) is 2. The maximum absolute atomic E-state index is 11.9. The first-order valence-electron chi connectivity index (χ1n) is 8.48. The van der Waals surface area contributed by atoms with E-state index in [-0.39, 0.29) is 18.3 Å². The van der Waals surface area contributed by atoms with Crippen LogP contribution < -0.4 is 15.4 Å². The largest absolute Gasteiger partial charge is 0.494 e. The highest BCUT2D eigenvalue weighted by molar-refractivity contribution is 5.85. The molecule has 2 aromatic rings. The lowest BCUT2D eigenvalue weighted by Crippen LogP contribution is -2.23. The number of halogens is 1. The third-order valence-corrected chi connectivity index (χ3v) is 4.20. The molecule has 0 bridgehead atoms. The number of fused-ring (bicyclic) bond motifs is 1. The fraction of sp³-hybridized carbons (Fsp3) is 0.350. The maximum Gasteiger partial charge on any atom is 0.220 e. The SMILES string of the molecule is Cc1cccc(OCCCC(=O)NCc2ccc3c(c2)CNC3)c1.Cl. The zero-order valence-corrected chi connectivity index (χ0v) is 15.3. The zero-order valence-electron chi connectivity index (χ0n) is 14.5. The molecule has 1 heterocycles. The molecule has 1 aliphatic rings. The highest BCUT2D eigenvalue weighted by Crippen LogP contribution is 2.17. The Morgan fingerprint density at radius 3 is 2.84 bits per heavy atom. The number of ether oxygens (including phenoxy) is 1. The number of benzene rings is 2. The van der Waals surface area contributed by atoms with E-state index in [0.717, 1.165) is 24.4 Å². The molecule has 0 aromatic heterocycles. The van der Waals surface area contributed by atoms with Crippen molar-refractivity contribution in [1.29, 1.82) is 0 Å². The second-order valence-electron chi connectivity index (χ2n) is 6.25. The van der Waals surface area contributed by atoms with Crippen LogP contribution >= 0.6 is 12.4 Å². The predicted octanol–water partition coefficient (Wildman–Crippen LogP) is 3.50. The Hall–Kier alpha value is -2.04. The Morgan fingerprint density at radius 1 is 1.16 bits per heavy atom. The van der Waals surface area contributed by atoms with Gasteiger partial charge in [-0.3, -0.25) is 4.79 Å². The van der Waals surface area contributed by atoms with Crippen LogP contribution in [0.15, 0.2) is 42.5 Å². The Bertz CT molecular complexity index is 719. The van der Waals surface area contributed by atoms with Crippen LogP contribution in [0.5, 0.6) is 5.75 Å². The molecule has 2 N–H and O–H groups in total. The Labute approximate surface area is 155 Å². The molecule has 0 radical (unpaired) electrons. The Balaban J connectivity index is 0.00000225. The minimum absolute atomic E-state index is 0. The van der Waals surface area contributed by atoms with Gasteiger partial charge in [0.1, 0.15) is 5.75 Å². The first-order valence-corrected chi connectivity index (χ1v) is 8.48. The van der Waals surface area contributed by atoms with Gasteiger partial charge >= 0.3 is 0 Å². The van der Waals surface area contributed by atoms with Crippen LogP contribution in [-0.4, -0.2) is 12.5 Å². The van der Waals surface area contributed by atoms with Gasteiger partial charge in [0.05, 0.1) is 6.61 Å². The molecule has 1 aliphatic heterocycles. The topological polar surface area (TPSA) is 50.4 Å². The number of rotatable bonds is 7. The molecule has 134 valence electrons. The van der Waals surface area contributed by atoms with E-state index in [1.165, 1.54) is 16.7 Å². The first-order chi connectivity index (χ1) is 11.7. The molecule has 0 fully saturated rings. The molecule has 0 unspecified atom stereocenters. The molecule has 4 nitrogen and oxygen atoms in total. The van der Waals surface area contributed by atoms with Crippen molar-refractivity contribution in [3.8, 4) is 5.75 Å². The lowest BCUT2D eigenvalue weighted by Gasteiger charge is -2.08. The Morgan fingerprint density at radius 2 is 2.00 bits per heavy atom. The molecular weight excluding hydrogens is 336 g/mol. The van der Waals surface area contributed by atoms with Crippen molar-refractivity contribution in [3.05, 3.63) is 64.7 Å². The van der Waals surface area contributed by atoms with Gasteiger partial charge in [-0.15, -0.1) is 12.4 Å². The minimum Gasteiger partial charge on any atom is -0.494 e. The molecule has 0 saturated heterocycles. The van der Waals surface area contributed by atoms with Gasteiger partial charge in [-0.2, -0.15) is 0 Å². The van der Waals surface area contributed by atoms with E-state index in [1.807, 2.05) is 31.2 Å². The van der Waals surface area contributed by atoms with E-state index >= 15 is 0 Å². The minimum atomic E-state index is 0. The van der Waals surface area contributed by atoms with Crippen LogP contribution in [0, 0.1) is 6.92 Å². The van der Waals surface area contributed by atoms with E-state index in [0.29, 0.717) is 26.0 Å². The van der Waals surface area contributed by atoms with Crippen molar-refractivity contribution in [2.75, 3.05) is 6.61 Å². The summed E-state index contributed by atoms with van der Waals surface area (Å²) in [5.74, 6) is 0.934. The molecule has 0 spiro atoms. The molecule has 0 saturated carbocycles. The fourth-order valence-corrected chi connectivity index (χ4v) is 2.87. The summed E-state index contributed by atoms with van der Waals surface area (Å²) in [6.07, 6.45) is 1.20. The maximum atomic E-state index is 11.9. The van der Waals surface area contributed by atoms with Crippen molar-refractivity contribution in [2.45, 2.75) is 39.4 Å². The van der Waals surface area contributed by atoms with E-state index in [1.54, 1.807) is 0 Å². The highest BCUT2D eigenvalue weighted by Gasteiger charge is 2.10. The third kappa shape index (κ3) is 5.76. The summed E-state index contributed by atoms with van der Waals surface area (Å²) in [5.41, 5.74) is 5.03. The smallest absolute Gasteiger partial charge is 0.220 e. The summed E-state index contributed by atoms with van der Waals surface area (Å²) in [7, 11) is 0. The molecule has 5 heteroatoms. The molecule has 2 aromatic carbocycles. The number of nitrogens with one attached hydrogen (secondary N) is 2. The molecular formula is C20H25ClN2O2. The van der Waals surface area contributed by atoms with Crippen molar-refractivity contribution >= 4 is 18.3 Å². The van der Waals surface area contributed by atoms with Crippen LogP contribution in [0.4, 0.5) is 0 Å². The fourth-order valence-electron chi connectivity index (χ4n) is 2.87. The number of aryl methyl sites for hydroxylation is 1. The van der Waals surface area contributed by atoms with E-state index in [9.17, 15) is 4.79 Å². The van der Waals surface area contributed by atoms with Crippen molar-refractivity contribution in [1.82, 2.24) is 10.6 Å². The van der Waals surface area contributed by atoms with Crippen molar-refractivity contribution in [2.24, 2.45) is 0 Å². The summed E-state index contributed by atoms with van der Waals surface area (Å²) >= 11 is 0. The van der Waals surface area contributed by atoms with Crippen LogP contribution in [0.3, 0.4) is 0 Å². The monoisotopic (exact) mass is 360 g/mol. The summed E-state index contributed by atoms with van der Waals surface area (Å²) in [5, 5.41) is 6.31. The number of amides is 1. The molecule has 3 rings (SSSR count). The van der Waals surface area contributed by atoms with Gasteiger partial charge in [-0.25, -0.2) is 0 Å². The molecule has 0 aliphatic carbocycles. The lowest BCUT2D eigenvalue weighted by atomic mass is 10.1. The van der Waals surface area contributed by atoms with Crippen LogP contribution in [0.25, 0.3) is 0 Å². The van der Waals surface area contributed by atoms with Crippen LogP contribution in [0.2, 0.25) is 0 Å². The van der Waals surface area contributed by atoms with Gasteiger partial charge in [-0.1, -0.05) is 30.3 Å². The average Bonchev–Trinajstić information content (AvgIpc) is 3.05. The number of hydrogen-bond acceptors (Lipinski definition) is 3. The summed E-state index contributed by atoms with van der Waals surface area (Å²) in [6.45, 7) is 5.05. The Kier molecular flexibility index (Phi) is 7.29. The van der Waals surface area contributed by atoms with Crippen molar-refractivity contribution in [3.63, 3.8) is 0 Å². The van der Waals surface area contributed by atoms with Gasteiger partial charge in [0.25, 0.3) is 0 Å². The number of carbonyl (C=O) groups excluding carboxylic acids is 1. The molecule has 25 heavy (non-hydrogen) atoms. The van der Waals surface area contributed by atoms with E-state index in [4.69, 9.17) is 4.74 Å². The van der Waals surface area contributed by atoms with Gasteiger partial charge in [0.2, 0.25) is 5.91 Å². The first kappa shape index (κ1) is 19.3. The average molecular weight is 361 g/mol. The van der Waals surface area contributed by atoms with Gasteiger partial charge in [-0.05, 0) is 47.7 Å². The third-order valence-electron chi connectivity index (χ3n) is 4.20. The highest BCUT2D eigenvalue weighted by atomic mass is 35.5. The molecule has 0 atom stereocenters. The second kappa shape index (κ2) is 9.44. The summed E-state index contributed by atoms with van der Waals surface area (Å²) < 4.78 is 5.66. The van der Waals surface area contributed by atoms with E-state index < -0.39 is 0 Å². The zero-order chi connectivity index (χ0) is 16.8. The second-order valence-corrected chi connectivity index (χ2v) is 6.25.